The van der Waals surface area contributed by atoms with Gasteiger partial charge < -0.3 is 10.0 Å². The van der Waals surface area contributed by atoms with Crippen molar-refractivity contribution in [2.75, 3.05) is 13.1 Å². The molecule has 1 aliphatic rings. The maximum absolute atomic E-state index is 11.2. The van der Waals surface area contributed by atoms with Gasteiger partial charge in [-0.05, 0) is 18.8 Å². The predicted molar refractivity (Wildman–Crippen MR) is 46.7 cm³/mol. The molecule has 0 bridgehead atoms. The zero-order chi connectivity index (χ0) is 9.14. The number of aliphatic hydroxyl groups excluding tert-OH is 1. The first kappa shape index (κ1) is 9.52. The molecule has 0 aromatic carbocycles. The monoisotopic (exact) mass is 171 g/mol. The van der Waals surface area contributed by atoms with E-state index in [2.05, 4.69) is 13.8 Å². The molecule has 12 heavy (non-hydrogen) atoms. The summed E-state index contributed by atoms with van der Waals surface area (Å²) in [6, 6.07) is 0. The molecule has 0 aromatic heterocycles. The van der Waals surface area contributed by atoms with Gasteiger partial charge in [-0.3, -0.25) is 4.79 Å². The minimum absolute atomic E-state index is 0.0874. The molecule has 1 N–H and O–H groups in total. The lowest BCUT2D eigenvalue weighted by atomic mass is 10.1. The molecule has 0 aliphatic carbocycles. The van der Waals surface area contributed by atoms with Gasteiger partial charge in [-0.1, -0.05) is 13.8 Å². The molecule has 1 atom stereocenters. The van der Waals surface area contributed by atoms with Gasteiger partial charge in [0.1, 0.15) is 6.10 Å². The number of likely N-dealkylation sites (tertiary alicyclic amines) is 1. The summed E-state index contributed by atoms with van der Waals surface area (Å²) in [5.41, 5.74) is 0. The Labute approximate surface area is 73.4 Å². The van der Waals surface area contributed by atoms with E-state index in [4.69, 9.17) is 5.11 Å². The van der Waals surface area contributed by atoms with Crippen LogP contribution in [0.3, 0.4) is 0 Å². The van der Waals surface area contributed by atoms with E-state index in [1.807, 2.05) is 0 Å². The number of rotatable bonds is 3. The maximum atomic E-state index is 11.2. The van der Waals surface area contributed by atoms with Crippen LogP contribution < -0.4 is 0 Å². The third kappa shape index (κ3) is 2.21. The second-order valence-corrected chi connectivity index (χ2v) is 3.81. The van der Waals surface area contributed by atoms with Gasteiger partial charge in [-0.25, -0.2) is 0 Å². The molecule has 1 amide bonds. The van der Waals surface area contributed by atoms with Crippen LogP contribution in [0, 0.1) is 5.92 Å². The Kier molecular flexibility index (Phi) is 3.09. The Morgan fingerprint density at radius 1 is 1.67 bits per heavy atom. The molecule has 1 unspecified atom stereocenters. The molecular formula is C9H17NO2. The van der Waals surface area contributed by atoms with Gasteiger partial charge in [0, 0.05) is 13.1 Å². The lowest BCUT2D eigenvalue weighted by molar-refractivity contribution is -0.134. The molecule has 70 valence electrons. The van der Waals surface area contributed by atoms with Crippen LogP contribution in [0.15, 0.2) is 0 Å². The zero-order valence-corrected chi connectivity index (χ0v) is 7.79. The van der Waals surface area contributed by atoms with Gasteiger partial charge in [0.05, 0.1) is 0 Å². The fourth-order valence-corrected chi connectivity index (χ4v) is 1.36. The third-order valence-corrected chi connectivity index (χ3v) is 2.25. The predicted octanol–water partition coefficient (Wildman–Crippen LogP) is 0.626. The van der Waals surface area contributed by atoms with E-state index in [0.29, 0.717) is 12.3 Å². The summed E-state index contributed by atoms with van der Waals surface area (Å²) in [5.74, 6) is 0.534. The van der Waals surface area contributed by atoms with E-state index in [1.54, 1.807) is 4.90 Å². The van der Waals surface area contributed by atoms with E-state index in [1.165, 1.54) is 0 Å². The van der Waals surface area contributed by atoms with Crippen molar-refractivity contribution in [3.63, 3.8) is 0 Å². The number of hydrogen-bond donors (Lipinski definition) is 1. The van der Waals surface area contributed by atoms with Crippen molar-refractivity contribution in [2.24, 2.45) is 5.92 Å². The van der Waals surface area contributed by atoms with Crippen LogP contribution in [-0.4, -0.2) is 35.1 Å². The molecule has 0 saturated carbocycles. The summed E-state index contributed by atoms with van der Waals surface area (Å²) in [6.45, 7) is 5.80. The van der Waals surface area contributed by atoms with Crippen molar-refractivity contribution in [1.82, 2.24) is 4.90 Å². The van der Waals surface area contributed by atoms with Gasteiger partial charge in [0.15, 0.2) is 0 Å². The molecule has 3 heteroatoms. The van der Waals surface area contributed by atoms with Gasteiger partial charge in [-0.2, -0.15) is 0 Å². The van der Waals surface area contributed by atoms with Crippen molar-refractivity contribution in [3.8, 4) is 0 Å². The van der Waals surface area contributed by atoms with Crippen molar-refractivity contribution in [2.45, 2.75) is 32.8 Å². The first-order chi connectivity index (χ1) is 5.61. The average Bonchev–Trinajstić information content (AvgIpc) is 2.30. The average molecular weight is 171 g/mol. The van der Waals surface area contributed by atoms with Crippen molar-refractivity contribution < 1.29 is 9.90 Å². The minimum Gasteiger partial charge on any atom is -0.383 e. The molecule has 1 saturated heterocycles. The molecule has 1 fully saturated rings. The van der Waals surface area contributed by atoms with E-state index in [0.717, 1.165) is 19.5 Å². The highest BCUT2D eigenvalue weighted by molar-refractivity contribution is 5.82. The molecule has 0 radical (unpaired) electrons. The number of aliphatic hydroxyl groups is 1. The van der Waals surface area contributed by atoms with Crippen LogP contribution in [0.2, 0.25) is 0 Å². The highest BCUT2D eigenvalue weighted by atomic mass is 16.3. The SMILES string of the molecule is CC(C)CCN1CCC(O)C1=O. The van der Waals surface area contributed by atoms with Gasteiger partial charge in [0.25, 0.3) is 5.91 Å². The van der Waals surface area contributed by atoms with Crippen molar-refractivity contribution in [1.29, 1.82) is 0 Å². The Morgan fingerprint density at radius 3 is 2.75 bits per heavy atom. The summed E-state index contributed by atoms with van der Waals surface area (Å²) in [7, 11) is 0. The van der Waals surface area contributed by atoms with E-state index in [-0.39, 0.29) is 5.91 Å². The number of nitrogens with zero attached hydrogens (tertiary/aromatic N) is 1. The van der Waals surface area contributed by atoms with Crippen LogP contribution in [0.5, 0.6) is 0 Å². The normalized spacial score (nSPS) is 24.2. The first-order valence-electron chi connectivity index (χ1n) is 4.58. The Balaban J connectivity index is 2.30. The van der Waals surface area contributed by atoms with Gasteiger partial charge >= 0.3 is 0 Å². The van der Waals surface area contributed by atoms with Crippen LogP contribution in [0.4, 0.5) is 0 Å². The van der Waals surface area contributed by atoms with Crippen molar-refractivity contribution in [3.05, 3.63) is 0 Å². The molecule has 3 nitrogen and oxygen atoms in total. The Hall–Kier alpha value is -0.570. The molecule has 1 rings (SSSR count). The second kappa shape index (κ2) is 3.90. The largest absolute Gasteiger partial charge is 0.383 e. The summed E-state index contributed by atoms with van der Waals surface area (Å²) >= 11 is 0. The molecular weight excluding hydrogens is 154 g/mol. The van der Waals surface area contributed by atoms with Crippen LogP contribution in [-0.2, 0) is 4.79 Å². The van der Waals surface area contributed by atoms with Crippen molar-refractivity contribution >= 4 is 5.91 Å². The topological polar surface area (TPSA) is 40.5 Å². The van der Waals surface area contributed by atoms with Gasteiger partial charge in [-0.15, -0.1) is 0 Å². The lowest BCUT2D eigenvalue weighted by Crippen LogP contribution is -2.30. The smallest absolute Gasteiger partial charge is 0.251 e. The number of carbonyl (C=O) groups excluding carboxylic acids is 1. The summed E-state index contributed by atoms with van der Waals surface area (Å²) < 4.78 is 0. The lowest BCUT2D eigenvalue weighted by Gasteiger charge is -2.16. The Bertz CT molecular complexity index is 168. The molecule has 1 aliphatic heterocycles. The number of carbonyl (C=O) groups is 1. The zero-order valence-electron chi connectivity index (χ0n) is 7.79. The first-order valence-corrected chi connectivity index (χ1v) is 4.58. The highest BCUT2D eigenvalue weighted by Crippen LogP contribution is 2.12. The summed E-state index contributed by atoms with van der Waals surface area (Å²) in [4.78, 5) is 12.9. The fourth-order valence-electron chi connectivity index (χ4n) is 1.36. The molecule has 0 aromatic rings. The minimum atomic E-state index is -0.725. The van der Waals surface area contributed by atoms with Gasteiger partial charge in [0.2, 0.25) is 0 Å². The van der Waals surface area contributed by atoms with E-state index < -0.39 is 6.10 Å². The highest BCUT2D eigenvalue weighted by Gasteiger charge is 2.28. The molecule has 1 heterocycles. The maximum Gasteiger partial charge on any atom is 0.251 e. The summed E-state index contributed by atoms with van der Waals surface area (Å²) in [5, 5.41) is 9.14. The standard InChI is InChI=1S/C9H17NO2/c1-7(2)3-5-10-6-4-8(11)9(10)12/h7-8,11H,3-6H2,1-2H3. The Morgan fingerprint density at radius 2 is 2.33 bits per heavy atom. The summed E-state index contributed by atoms with van der Waals surface area (Å²) in [6.07, 6.45) is 0.909. The van der Waals surface area contributed by atoms with Crippen LogP contribution in [0.25, 0.3) is 0 Å². The second-order valence-electron chi connectivity index (χ2n) is 3.81. The van der Waals surface area contributed by atoms with E-state index >= 15 is 0 Å². The molecule has 0 spiro atoms. The fraction of sp³-hybridized carbons (Fsp3) is 0.889. The van der Waals surface area contributed by atoms with Crippen LogP contribution in [0.1, 0.15) is 26.7 Å². The van der Waals surface area contributed by atoms with E-state index in [9.17, 15) is 4.79 Å². The third-order valence-electron chi connectivity index (χ3n) is 2.25. The quantitative estimate of drug-likeness (QED) is 0.676. The van der Waals surface area contributed by atoms with Crippen LogP contribution >= 0.6 is 0 Å². The number of amides is 1. The number of hydrogen-bond acceptors (Lipinski definition) is 2.